The maximum absolute atomic E-state index is 10.8. The fourth-order valence-corrected chi connectivity index (χ4v) is 3.37. The number of rotatable bonds is 5. The van der Waals surface area contributed by atoms with E-state index in [1.54, 1.807) is 12.1 Å². The van der Waals surface area contributed by atoms with Crippen LogP contribution < -0.4 is 0 Å². The van der Waals surface area contributed by atoms with Crippen molar-refractivity contribution >= 4 is 16.7 Å². The number of imidazole rings is 1. The van der Waals surface area contributed by atoms with Crippen molar-refractivity contribution in [1.82, 2.24) is 14.9 Å². The summed E-state index contributed by atoms with van der Waals surface area (Å²) in [5, 5.41) is 10.8. The summed E-state index contributed by atoms with van der Waals surface area (Å²) in [6, 6.07) is 4.75. The molecule has 1 heterocycles. The van der Waals surface area contributed by atoms with Gasteiger partial charge in [0.25, 0.3) is 5.69 Å². The lowest BCUT2D eigenvalue weighted by atomic mass is 9.89. The molecule has 1 aromatic heterocycles. The molecule has 1 saturated carbocycles. The summed E-state index contributed by atoms with van der Waals surface area (Å²) in [4.78, 5) is 20.5. The van der Waals surface area contributed by atoms with Gasteiger partial charge < -0.3 is 4.98 Å². The highest BCUT2D eigenvalue weighted by molar-refractivity contribution is 5.77. The molecule has 1 aliphatic rings. The van der Waals surface area contributed by atoms with Gasteiger partial charge in [0.05, 0.1) is 22.5 Å². The van der Waals surface area contributed by atoms with Gasteiger partial charge in [0.15, 0.2) is 0 Å². The molecule has 0 amide bonds. The number of aromatic amines is 1. The molecule has 0 spiro atoms. The van der Waals surface area contributed by atoms with E-state index in [2.05, 4.69) is 21.9 Å². The van der Waals surface area contributed by atoms with Crippen molar-refractivity contribution in [2.75, 3.05) is 13.6 Å². The predicted molar refractivity (Wildman–Crippen MR) is 85.7 cm³/mol. The first-order chi connectivity index (χ1) is 10.6. The van der Waals surface area contributed by atoms with E-state index in [0.717, 1.165) is 35.9 Å². The van der Waals surface area contributed by atoms with Gasteiger partial charge in [0.2, 0.25) is 0 Å². The summed E-state index contributed by atoms with van der Waals surface area (Å²) < 4.78 is 0. The van der Waals surface area contributed by atoms with Crippen LogP contribution in [0.15, 0.2) is 18.2 Å². The van der Waals surface area contributed by atoms with Crippen LogP contribution in [0.25, 0.3) is 11.0 Å². The minimum Gasteiger partial charge on any atom is -0.341 e. The second-order valence-corrected chi connectivity index (χ2v) is 6.34. The lowest BCUT2D eigenvalue weighted by Gasteiger charge is -2.26. The molecule has 6 nitrogen and oxygen atoms in total. The zero-order valence-electron chi connectivity index (χ0n) is 12.9. The molecular weight excluding hydrogens is 280 g/mol. The fraction of sp³-hybridized carbons (Fsp3) is 0.562. The minimum absolute atomic E-state index is 0.0956. The van der Waals surface area contributed by atoms with Gasteiger partial charge in [-0.2, -0.15) is 0 Å². The highest BCUT2D eigenvalue weighted by atomic mass is 16.6. The lowest BCUT2D eigenvalue weighted by molar-refractivity contribution is -0.384. The molecule has 2 aromatic rings. The average molecular weight is 302 g/mol. The first-order valence-corrected chi connectivity index (χ1v) is 7.93. The van der Waals surface area contributed by atoms with Crippen LogP contribution in [0.4, 0.5) is 5.69 Å². The largest absolute Gasteiger partial charge is 0.341 e. The summed E-state index contributed by atoms with van der Waals surface area (Å²) in [6.45, 7) is 1.84. The van der Waals surface area contributed by atoms with Gasteiger partial charge in [-0.15, -0.1) is 0 Å². The SMILES string of the molecule is CN(Cc1nc2ccc([N+](=O)[O-])cc2[nH]1)CC1CCCCC1. The van der Waals surface area contributed by atoms with Gasteiger partial charge in [-0.05, 0) is 31.9 Å². The third-order valence-electron chi connectivity index (χ3n) is 4.44. The molecule has 0 aliphatic heterocycles. The third-order valence-corrected chi connectivity index (χ3v) is 4.44. The van der Waals surface area contributed by atoms with Crippen LogP contribution in [0.5, 0.6) is 0 Å². The summed E-state index contributed by atoms with van der Waals surface area (Å²) >= 11 is 0. The number of nitro benzene ring substituents is 1. The van der Waals surface area contributed by atoms with Crippen molar-refractivity contribution in [3.63, 3.8) is 0 Å². The van der Waals surface area contributed by atoms with Crippen molar-refractivity contribution in [3.05, 3.63) is 34.1 Å². The maximum atomic E-state index is 10.8. The first-order valence-electron chi connectivity index (χ1n) is 7.93. The Morgan fingerprint density at radius 1 is 1.36 bits per heavy atom. The van der Waals surface area contributed by atoms with E-state index in [0.29, 0.717) is 0 Å². The molecule has 0 radical (unpaired) electrons. The van der Waals surface area contributed by atoms with Gasteiger partial charge in [-0.3, -0.25) is 15.0 Å². The van der Waals surface area contributed by atoms with E-state index < -0.39 is 0 Å². The van der Waals surface area contributed by atoms with Gasteiger partial charge in [0.1, 0.15) is 5.82 Å². The molecular formula is C16H22N4O2. The Hall–Kier alpha value is -1.95. The topological polar surface area (TPSA) is 75.1 Å². The van der Waals surface area contributed by atoms with E-state index in [-0.39, 0.29) is 10.6 Å². The van der Waals surface area contributed by atoms with Crippen molar-refractivity contribution in [3.8, 4) is 0 Å². The van der Waals surface area contributed by atoms with Gasteiger partial charge in [-0.25, -0.2) is 4.98 Å². The number of nitro groups is 1. The van der Waals surface area contributed by atoms with Crippen molar-refractivity contribution in [2.45, 2.75) is 38.6 Å². The predicted octanol–water partition coefficient (Wildman–Crippen LogP) is 3.48. The minimum atomic E-state index is -0.380. The zero-order chi connectivity index (χ0) is 15.5. The standard InChI is InChI=1S/C16H22N4O2/c1-19(10-12-5-3-2-4-6-12)11-16-17-14-8-7-13(20(21)22)9-15(14)18-16/h7-9,12H,2-6,10-11H2,1H3,(H,17,18). The van der Waals surface area contributed by atoms with Crippen molar-refractivity contribution in [2.24, 2.45) is 5.92 Å². The van der Waals surface area contributed by atoms with Crippen LogP contribution in [-0.4, -0.2) is 33.4 Å². The lowest BCUT2D eigenvalue weighted by Crippen LogP contribution is -2.27. The number of nitrogens with one attached hydrogen (secondary N) is 1. The third kappa shape index (κ3) is 3.44. The van der Waals surface area contributed by atoms with Crippen LogP contribution in [-0.2, 0) is 6.54 Å². The number of fused-ring (bicyclic) bond motifs is 1. The Balaban J connectivity index is 1.66. The van der Waals surface area contributed by atoms with Crippen LogP contribution in [0.3, 0.4) is 0 Å². The summed E-state index contributed by atoms with van der Waals surface area (Å²) in [6.07, 6.45) is 6.75. The van der Waals surface area contributed by atoms with E-state index in [9.17, 15) is 10.1 Å². The molecule has 1 fully saturated rings. The molecule has 118 valence electrons. The molecule has 1 aliphatic carbocycles. The zero-order valence-corrected chi connectivity index (χ0v) is 12.9. The smallest absolute Gasteiger partial charge is 0.271 e. The van der Waals surface area contributed by atoms with Gasteiger partial charge in [0, 0.05) is 18.7 Å². The number of non-ortho nitro benzene ring substituents is 1. The van der Waals surface area contributed by atoms with Crippen LogP contribution >= 0.6 is 0 Å². The highest BCUT2D eigenvalue weighted by Gasteiger charge is 2.16. The van der Waals surface area contributed by atoms with Crippen molar-refractivity contribution in [1.29, 1.82) is 0 Å². The Bertz CT molecular complexity index is 661. The van der Waals surface area contributed by atoms with E-state index in [1.807, 2.05) is 0 Å². The highest BCUT2D eigenvalue weighted by Crippen LogP contribution is 2.24. The number of aromatic nitrogens is 2. The average Bonchev–Trinajstić information content (AvgIpc) is 2.89. The van der Waals surface area contributed by atoms with Crippen LogP contribution in [0.2, 0.25) is 0 Å². The molecule has 6 heteroatoms. The van der Waals surface area contributed by atoms with E-state index >= 15 is 0 Å². The van der Waals surface area contributed by atoms with E-state index in [4.69, 9.17) is 0 Å². The van der Waals surface area contributed by atoms with E-state index in [1.165, 1.54) is 38.2 Å². The fourth-order valence-electron chi connectivity index (χ4n) is 3.37. The summed E-state index contributed by atoms with van der Waals surface area (Å²) in [5.74, 6) is 1.66. The molecule has 1 N–H and O–H groups in total. The molecule has 0 atom stereocenters. The number of benzene rings is 1. The molecule has 0 saturated heterocycles. The molecule has 0 bridgehead atoms. The van der Waals surface area contributed by atoms with Gasteiger partial charge in [-0.1, -0.05) is 19.3 Å². The summed E-state index contributed by atoms with van der Waals surface area (Å²) in [7, 11) is 2.12. The quantitative estimate of drug-likeness (QED) is 0.677. The Kier molecular flexibility index (Phi) is 4.38. The number of nitrogens with zero attached hydrogens (tertiary/aromatic N) is 3. The second kappa shape index (κ2) is 6.44. The number of H-pyrrole nitrogens is 1. The van der Waals surface area contributed by atoms with Crippen LogP contribution in [0, 0.1) is 16.0 Å². The Morgan fingerprint density at radius 3 is 2.86 bits per heavy atom. The molecule has 22 heavy (non-hydrogen) atoms. The normalized spacial score (nSPS) is 16.5. The second-order valence-electron chi connectivity index (χ2n) is 6.34. The molecule has 0 unspecified atom stereocenters. The van der Waals surface area contributed by atoms with Gasteiger partial charge >= 0.3 is 0 Å². The number of hydrogen-bond acceptors (Lipinski definition) is 4. The molecule has 1 aromatic carbocycles. The van der Waals surface area contributed by atoms with Crippen molar-refractivity contribution < 1.29 is 4.92 Å². The first kappa shape index (κ1) is 15.0. The molecule has 3 rings (SSSR count). The number of hydrogen-bond donors (Lipinski definition) is 1. The monoisotopic (exact) mass is 302 g/mol. The maximum Gasteiger partial charge on any atom is 0.271 e. The Labute approximate surface area is 129 Å². The van der Waals surface area contributed by atoms with Crippen LogP contribution in [0.1, 0.15) is 37.9 Å². The summed E-state index contributed by atoms with van der Waals surface area (Å²) in [5.41, 5.74) is 1.61. The Morgan fingerprint density at radius 2 is 2.14 bits per heavy atom.